The van der Waals surface area contributed by atoms with Crippen LogP contribution in [0, 0.1) is 27.7 Å². The lowest BCUT2D eigenvalue weighted by molar-refractivity contribution is -0.118. The van der Waals surface area contributed by atoms with E-state index in [0.29, 0.717) is 11.5 Å². The molecule has 0 aliphatic carbocycles. The van der Waals surface area contributed by atoms with Gasteiger partial charge in [0.25, 0.3) is 0 Å². The lowest BCUT2D eigenvalue weighted by Crippen LogP contribution is -2.19. The van der Waals surface area contributed by atoms with Gasteiger partial charge in [-0.25, -0.2) is 5.43 Å². The fourth-order valence-corrected chi connectivity index (χ4v) is 4.36. The van der Waals surface area contributed by atoms with Crippen molar-refractivity contribution < 1.29 is 4.79 Å². The number of rotatable bonds is 7. The Bertz CT molecular complexity index is 1090. The molecule has 6 heteroatoms. The number of hydrogen-bond donors (Lipinski definition) is 1. The number of hydrogen-bond acceptors (Lipinski definition) is 3. The van der Waals surface area contributed by atoms with Gasteiger partial charge >= 0.3 is 0 Å². The Labute approximate surface area is 187 Å². The van der Waals surface area contributed by atoms with E-state index in [1.165, 1.54) is 22.9 Å². The van der Waals surface area contributed by atoms with Crippen LogP contribution in [0.2, 0.25) is 5.02 Å². The molecule has 0 aliphatic rings. The predicted molar refractivity (Wildman–Crippen MR) is 128 cm³/mol. The average molecular weight is 440 g/mol. The summed E-state index contributed by atoms with van der Waals surface area (Å²) in [5.41, 5.74) is 10.5. The van der Waals surface area contributed by atoms with Gasteiger partial charge in [-0.05, 0) is 68.7 Å². The van der Waals surface area contributed by atoms with Crippen LogP contribution in [0.4, 0.5) is 0 Å². The number of nitrogens with one attached hydrogen (secondary N) is 1. The molecule has 4 nitrogen and oxygen atoms in total. The molecule has 1 amide bonds. The number of halogens is 1. The number of carbonyl (C=O) groups is 1. The Morgan fingerprint density at radius 2 is 1.87 bits per heavy atom. The molecule has 1 aromatic heterocycles. The van der Waals surface area contributed by atoms with Gasteiger partial charge in [-0.3, -0.25) is 4.79 Å². The second kappa shape index (κ2) is 10.0. The minimum absolute atomic E-state index is 0.133. The molecule has 0 radical (unpaired) electrons. The van der Waals surface area contributed by atoms with Crippen LogP contribution in [-0.4, -0.2) is 22.4 Å². The Hall–Kier alpha value is -2.50. The van der Waals surface area contributed by atoms with E-state index >= 15 is 0 Å². The third-order valence-electron chi connectivity index (χ3n) is 5.06. The summed E-state index contributed by atoms with van der Waals surface area (Å²) in [7, 11) is 0. The van der Waals surface area contributed by atoms with Crippen molar-refractivity contribution in [3.05, 3.63) is 87.2 Å². The maximum Gasteiger partial charge on any atom is 0.250 e. The van der Waals surface area contributed by atoms with Gasteiger partial charge in [-0.1, -0.05) is 35.9 Å². The molecule has 0 atom stereocenters. The Morgan fingerprint density at radius 3 is 2.60 bits per heavy atom. The summed E-state index contributed by atoms with van der Waals surface area (Å²) in [6.45, 7) is 8.37. The molecule has 1 N–H and O–H groups in total. The fourth-order valence-electron chi connectivity index (χ4n) is 3.26. The first-order chi connectivity index (χ1) is 14.4. The zero-order chi connectivity index (χ0) is 21.7. The minimum Gasteiger partial charge on any atom is -0.318 e. The molecule has 0 fully saturated rings. The largest absolute Gasteiger partial charge is 0.318 e. The van der Waals surface area contributed by atoms with Gasteiger partial charge in [-0.15, -0.1) is 11.8 Å². The first-order valence-corrected chi connectivity index (χ1v) is 11.3. The van der Waals surface area contributed by atoms with Gasteiger partial charge in [0.1, 0.15) is 0 Å². The van der Waals surface area contributed by atoms with Crippen molar-refractivity contribution in [3.63, 3.8) is 0 Å². The van der Waals surface area contributed by atoms with Gasteiger partial charge in [-0.2, -0.15) is 5.10 Å². The van der Waals surface area contributed by atoms with Crippen LogP contribution in [0.5, 0.6) is 0 Å². The van der Waals surface area contributed by atoms with E-state index in [9.17, 15) is 4.79 Å². The third kappa shape index (κ3) is 5.35. The number of hydrazone groups is 1. The average Bonchev–Trinajstić information content (AvgIpc) is 2.99. The van der Waals surface area contributed by atoms with Crippen LogP contribution < -0.4 is 5.43 Å². The molecule has 1 heterocycles. The number of carbonyl (C=O) groups excluding carboxylic acids is 1. The van der Waals surface area contributed by atoms with Gasteiger partial charge < -0.3 is 4.57 Å². The maximum absolute atomic E-state index is 12.1. The van der Waals surface area contributed by atoms with E-state index in [-0.39, 0.29) is 5.91 Å². The molecule has 30 heavy (non-hydrogen) atoms. The molecule has 156 valence electrons. The van der Waals surface area contributed by atoms with Crippen LogP contribution in [0.3, 0.4) is 0 Å². The molecule has 0 saturated carbocycles. The summed E-state index contributed by atoms with van der Waals surface area (Å²) >= 11 is 7.65. The Kier molecular flexibility index (Phi) is 7.40. The van der Waals surface area contributed by atoms with Crippen LogP contribution >= 0.6 is 23.4 Å². The van der Waals surface area contributed by atoms with E-state index in [1.807, 2.05) is 24.3 Å². The van der Waals surface area contributed by atoms with Crippen LogP contribution in [0.15, 0.2) is 53.6 Å². The fraction of sp³-hybridized carbons (Fsp3) is 0.250. The summed E-state index contributed by atoms with van der Waals surface area (Å²) in [4.78, 5) is 12.1. The summed E-state index contributed by atoms with van der Waals surface area (Å²) < 4.78 is 2.20. The molecular formula is C24H26ClN3OS. The van der Waals surface area contributed by atoms with Crippen LogP contribution in [-0.2, 0) is 10.5 Å². The molecule has 0 aliphatic heterocycles. The highest BCUT2D eigenvalue weighted by Crippen LogP contribution is 2.22. The number of aromatic nitrogens is 1. The number of aryl methyl sites for hydroxylation is 3. The van der Waals surface area contributed by atoms with Crippen molar-refractivity contribution in [2.45, 2.75) is 33.4 Å². The lowest BCUT2D eigenvalue weighted by Gasteiger charge is -2.11. The number of nitrogens with zero attached hydrogens (tertiary/aromatic N) is 2. The van der Waals surface area contributed by atoms with Crippen molar-refractivity contribution >= 4 is 35.5 Å². The second-order valence-corrected chi connectivity index (χ2v) is 8.70. The third-order valence-corrected chi connectivity index (χ3v) is 6.41. The molecule has 0 saturated heterocycles. The van der Waals surface area contributed by atoms with Gasteiger partial charge in [0.05, 0.1) is 12.0 Å². The molecule has 3 aromatic rings. The highest BCUT2D eigenvalue weighted by atomic mass is 35.5. The molecular weight excluding hydrogens is 414 g/mol. The van der Waals surface area contributed by atoms with Crippen molar-refractivity contribution in [1.82, 2.24) is 9.99 Å². The quantitative estimate of drug-likeness (QED) is 0.376. The highest BCUT2D eigenvalue weighted by Gasteiger charge is 2.10. The summed E-state index contributed by atoms with van der Waals surface area (Å²) in [6.07, 6.45) is 1.70. The van der Waals surface area contributed by atoms with Crippen LogP contribution in [0.25, 0.3) is 5.69 Å². The van der Waals surface area contributed by atoms with E-state index in [0.717, 1.165) is 33.2 Å². The number of thioether (sulfide) groups is 1. The smallest absolute Gasteiger partial charge is 0.250 e. The summed E-state index contributed by atoms with van der Waals surface area (Å²) in [5, 5.41) is 4.87. The maximum atomic E-state index is 12.1. The molecule has 3 rings (SSSR count). The number of amides is 1. The first-order valence-electron chi connectivity index (χ1n) is 9.76. The minimum atomic E-state index is -0.133. The Morgan fingerprint density at radius 1 is 1.10 bits per heavy atom. The second-order valence-electron chi connectivity index (χ2n) is 7.31. The first kappa shape index (κ1) is 22.2. The van der Waals surface area contributed by atoms with Crippen molar-refractivity contribution in [3.8, 4) is 5.69 Å². The molecule has 0 spiro atoms. The van der Waals surface area contributed by atoms with Crippen molar-refractivity contribution in [2.24, 2.45) is 5.10 Å². The zero-order valence-electron chi connectivity index (χ0n) is 17.7. The number of benzene rings is 2. The Balaban J connectivity index is 1.59. The highest BCUT2D eigenvalue weighted by molar-refractivity contribution is 7.99. The van der Waals surface area contributed by atoms with E-state index < -0.39 is 0 Å². The lowest BCUT2D eigenvalue weighted by atomic mass is 10.1. The van der Waals surface area contributed by atoms with Gasteiger partial charge in [0.2, 0.25) is 5.91 Å². The van der Waals surface area contributed by atoms with E-state index in [2.05, 4.69) is 67.1 Å². The van der Waals surface area contributed by atoms with Crippen LogP contribution in [0.1, 0.15) is 33.6 Å². The molecule has 0 bridgehead atoms. The van der Waals surface area contributed by atoms with Gasteiger partial charge in [0.15, 0.2) is 0 Å². The van der Waals surface area contributed by atoms with Crippen molar-refractivity contribution in [2.75, 3.05) is 5.75 Å². The summed E-state index contributed by atoms with van der Waals surface area (Å²) in [6, 6.07) is 16.2. The predicted octanol–water partition coefficient (Wildman–Crippen LogP) is 5.75. The monoisotopic (exact) mass is 439 g/mol. The normalized spacial score (nSPS) is 11.2. The SMILES string of the molecule is Cc1ccc(-n2c(C)cc(/C=N/NC(=O)CSCc3ccccc3Cl)c2C)cc1C. The van der Waals surface area contributed by atoms with E-state index in [1.54, 1.807) is 6.21 Å². The van der Waals surface area contributed by atoms with E-state index in [4.69, 9.17) is 11.6 Å². The topological polar surface area (TPSA) is 46.4 Å². The van der Waals surface area contributed by atoms with Crippen molar-refractivity contribution in [1.29, 1.82) is 0 Å². The van der Waals surface area contributed by atoms with Gasteiger partial charge in [0, 0.05) is 33.4 Å². The zero-order valence-corrected chi connectivity index (χ0v) is 19.3. The summed E-state index contributed by atoms with van der Waals surface area (Å²) in [5.74, 6) is 0.879. The molecule has 0 unspecified atom stereocenters. The standard InChI is InChI=1S/C24H26ClN3OS/c1-16-9-10-22(11-17(16)2)28-18(3)12-21(19(28)4)13-26-27-24(29)15-30-14-20-7-5-6-8-23(20)25/h5-13H,14-15H2,1-4H3,(H,27,29)/b26-13+. The molecule has 2 aromatic carbocycles.